The highest BCUT2D eigenvalue weighted by Gasteiger charge is 2.12. The molecule has 2 N–H and O–H groups in total. The number of benzene rings is 1. The van der Waals surface area contributed by atoms with Crippen LogP contribution in [0.15, 0.2) is 43.0 Å². The number of amides is 2. The predicted octanol–water partition coefficient (Wildman–Crippen LogP) is 1.13. The Balaban J connectivity index is 1.69. The van der Waals surface area contributed by atoms with Crippen LogP contribution in [0.5, 0.6) is 0 Å². The maximum Gasteiger partial charge on any atom is 0.275 e. The van der Waals surface area contributed by atoms with Gasteiger partial charge in [0.1, 0.15) is 11.5 Å². The molecule has 0 aliphatic rings. The summed E-state index contributed by atoms with van der Waals surface area (Å²) in [7, 11) is 1.52. The number of hydrogen-bond donors (Lipinski definition) is 2. The Morgan fingerprint density at radius 1 is 1.22 bits per heavy atom. The molecular formula is C17H16FN7O2. The fourth-order valence-electron chi connectivity index (χ4n) is 2.30. The van der Waals surface area contributed by atoms with Gasteiger partial charge in [-0.05, 0) is 30.2 Å². The van der Waals surface area contributed by atoms with Gasteiger partial charge in [-0.3, -0.25) is 9.59 Å². The highest BCUT2D eigenvalue weighted by molar-refractivity contribution is 6.02. The molecule has 0 bridgehead atoms. The van der Waals surface area contributed by atoms with Gasteiger partial charge in [0.05, 0.1) is 24.8 Å². The predicted molar refractivity (Wildman–Crippen MR) is 93.7 cm³/mol. The standard InChI is InChI=1S/C17H16FN7O2/c1-19-16(26)5-2-11-8-12(3-4-13(11)18)23-17(27)14-9-21-15(10-20-14)25-7-6-22-24-25/h3-4,6-10H,2,5H2,1H3,(H,19,26)(H,23,27). The highest BCUT2D eigenvalue weighted by atomic mass is 19.1. The van der Waals surface area contributed by atoms with Crippen LogP contribution >= 0.6 is 0 Å². The lowest BCUT2D eigenvalue weighted by atomic mass is 10.1. The zero-order valence-electron chi connectivity index (χ0n) is 14.4. The van der Waals surface area contributed by atoms with Gasteiger partial charge in [-0.2, -0.15) is 0 Å². The number of anilines is 1. The number of nitrogens with zero attached hydrogens (tertiary/aromatic N) is 5. The van der Waals surface area contributed by atoms with Crippen LogP contribution in [0.4, 0.5) is 10.1 Å². The molecular weight excluding hydrogens is 353 g/mol. The molecule has 138 valence electrons. The van der Waals surface area contributed by atoms with Crippen molar-refractivity contribution in [2.45, 2.75) is 12.8 Å². The first kappa shape index (κ1) is 18.1. The minimum absolute atomic E-state index is 0.0927. The van der Waals surface area contributed by atoms with E-state index < -0.39 is 11.7 Å². The summed E-state index contributed by atoms with van der Waals surface area (Å²) in [4.78, 5) is 31.8. The van der Waals surface area contributed by atoms with E-state index in [1.54, 1.807) is 6.20 Å². The number of nitrogens with one attached hydrogen (secondary N) is 2. The van der Waals surface area contributed by atoms with Crippen molar-refractivity contribution in [1.29, 1.82) is 0 Å². The molecule has 0 saturated heterocycles. The molecule has 2 aromatic heterocycles. The van der Waals surface area contributed by atoms with Crippen molar-refractivity contribution in [3.05, 3.63) is 60.1 Å². The van der Waals surface area contributed by atoms with E-state index in [0.717, 1.165) is 0 Å². The van der Waals surface area contributed by atoms with Crippen molar-refractivity contribution in [3.8, 4) is 5.82 Å². The molecule has 2 amide bonds. The van der Waals surface area contributed by atoms with Gasteiger partial charge < -0.3 is 10.6 Å². The molecule has 0 spiro atoms. The Kier molecular flexibility index (Phi) is 5.45. The summed E-state index contributed by atoms with van der Waals surface area (Å²) in [5.74, 6) is -0.695. The van der Waals surface area contributed by atoms with Gasteiger partial charge in [0, 0.05) is 19.2 Å². The number of hydrogen-bond acceptors (Lipinski definition) is 6. The maximum atomic E-state index is 13.9. The largest absolute Gasteiger partial charge is 0.359 e. The Morgan fingerprint density at radius 3 is 2.74 bits per heavy atom. The minimum Gasteiger partial charge on any atom is -0.359 e. The van der Waals surface area contributed by atoms with E-state index in [4.69, 9.17) is 0 Å². The second-order valence-electron chi connectivity index (χ2n) is 5.54. The van der Waals surface area contributed by atoms with E-state index in [-0.39, 0.29) is 24.4 Å². The number of carbonyl (C=O) groups is 2. The minimum atomic E-state index is -0.489. The topological polar surface area (TPSA) is 115 Å². The third-order valence-corrected chi connectivity index (χ3v) is 3.73. The van der Waals surface area contributed by atoms with E-state index in [9.17, 15) is 14.0 Å². The summed E-state index contributed by atoms with van der Waals surface area (Å²) in [6.07, 6.45) is 6.17. The Bertz CT molecular complexity index is 942. The first-order chi connectivity index (χ1) is 13.1. The van der Waals surface area contributed by atoms with Crippen LogP contribution in [0.3, 0.4) is 0 Å². The molecule has 9 nitrogen and oxygen atoms in total. The molecule has 0 atom stereocenters. The van der Waals surface area contributed by atoms with Crippen molar-refractivity contribution in [2.24, 2.45) is 0 Å². The zero-order chi connectivity index (χ0) is 19.2. The second kappa shape index (κ2) is 8.13. The normalized spacial score (nSPS) is 10.4. The lowest BCUT2D eigenvalue weighted by Crippen LogP contribution is -2.18. The third-order valence-electron chi connectivity index (χ3n) is 3.73. The molecule has 3 aromatic rings. The average Bonchev–Trinajstić information content (AvgIpc) is 3.23. The smallest absolute Gasteiger partial charge is 0.275 e. The van der Waals surface area contributed by atoms with Crippen molar-refractivity contribution in [2.75, 3.05) is 12.4 Å². The molecule has 27 heavy (non-hydrogen) atoms. The monoisotopic (exact) mass is 369 g/mol. The summed E-state index contributed by atoms with van der Waals surface area (Å²) in [5.41, 5.74) is 0.828. The number of halogens is 1. The van der Waals surface area contributed by atoms with Gasteiger partial charge in [0.25, 0.3) is 5.91 Å². The van der Waals surface area contributed by atoms with Crippen LogP contribution in [0.1, 0.15) is 22.5 Å². The van der Waals surface area contributed by atoms with Gasteiger partial charge in [0.15, 0.2) is 5.82 Å². The van der Waals surface area contributed by atoms with E-state index in [1.807, 2.05) is 0 Å². The third kappa shape index (κ3) is 4.48. The van der Waals surface area contributed by atoms with Gasteiger partial charge in [-0.25, -0.2) is 19.0 Å². The summed E-state index contributed by atoms with van der Waals surface area (Å²) < 4.78 is 15.3. The summed E-state index contributed by atoms with van der Waals surface area (Å²) in [6, 6.07) is 4.18. The van der Waals surface area contributed by atoms with Crippen molar-refractivity contribution in [3.63, 3.8) is 0 Å². The van der Waals surface area contributed by atoms with Gasteiger partial charge in [0.2, 0.25) is 5.91 Å². The molecule has 0 aliphatic carbocycles. The first-order valence-corrected chi connectivity index (χ1v) is 8.06. The molecule has 3 rings (SSSR count). The Hall–Kier alpha value is -3.69. The number of rotatable bonds is 6. The summed E-state index contributed by atoms with van der Waals surface area (Å²) in [6.45, 7) is 0. The number of aryl methyl sites for hydroxylation is 1. The molecule has 10 heteroatoms. The quantitative estimate of drug-likeness (QED) is 0.673. The van der Waals surface area contributed by atoms with Gasteiger partial charge >= 0.3 is 0 Å². The van der Waals surface area contributed by atoms with Crippen molar-refractivity contribution in [1.82, 2.24) is 30.3 Å². The van der Waals surface area contributed by atoms with E-state index in [1.165, 1.54) is 48.5 Å². The summed E-state index contributed by atoms with van der Waals surface area (Å²) >= 11 is 0. The molecule has 2 heterocycles. The SMILES string of the molecule is CNC(=O)CCc1cc(NC(=O)c2cnc(-n3ccnn3)cn2)ccc1F. The molecule has 1 aromatic carbocycles. The zero-order valence-corrected chi connectivity index (χ0v) is 14.4. The van der Waals surface area contributed by atoms with E-state index in [2.05, 4.69) is 30.9 Å². The maximum absolute atomic E-state index is 13.9. The molecule has 0 radical (unpaired) electrons. The van der Waals surface area contributed by atoms with Crippen LogP contribution in [0.2, 0.25) is 0 Å². The molecule has 0 unspecified atom stereocenters. The number of carbonyl (C=O) groups excluding carboxylic acids is 2. The lowest BCUT2D eigenvalue weighted by Gasteiger charge is -2.08. The molecule has 0 fully saturated rings. The number of aromatic nitrogens is 5. The van der Waals surface area contributed by atoms with Gasteiger partial charge in [-0.1, -0.05) is 5.21 Å². The van der Waals surface area contributed by atoms with E-state index in [0.29, 0.717) is 17.1 Å². The van der Waals surface area contributed by atoms with Crippen LogP contribution in [0, 0.1) is 5.82 Å². The highest BCUT2D eigenvalue weighted by Crippen LogP contribution is 2.17. The van der Waals surface area contributed by atoms with Crippen LogP contribution in [0.25, 0.3) is 5.82 Å². The molecule has 0 saturated carbocycles. The Morgan fingerprint density at radius 2 is 2.07 bits per heavy atom. The van der Waals surface area contributed by atoms with Crippen LogP contribution < -0.4 is 10.6 Å². The van der Waals surface area contributed by atoms with Crippen LogP contribution in [-0.4, -0.2) is 43.8 Å². The first-order valence-electron chi connectivity index (χ1n) is 8.06. The van der Waals surface area contributed by atoms with Crippen molar-refractivity contribution < 1.29 is 14.0 Å². The average molecular weight is 369 g/mol. The van der Waals surface area contributed by atoms with E-state index >= 15 is 0 Å². The van der Waals surface area contributed by atoms with Gasteiger partial charge in [-0.15, -0.1) is 5.10 Å². The fourth-order valence-corrected chi connectivity index (χ4v) is 2.30. The van der Waals surface area contributed by atoms with Crippen molar-refractivity contribution >= 4 is 17.5 Å². The Labute approximate surface area is 153 Å². The van der Waals surface area contributed by atoms with Crippen LogP contribution in [-0.2, 0) is 11.2 Å². The fraction of sp³-hybridized carbons (Fsp3) is 0.176. The second-order valence-corrected chi connectivity index (χ2v) is 5.54. The lowest BCUT2D eigenvalue weighted by molar-refractivity contribution is -0.120. The summed E-state index contributed by atoms with van der Waals surface area (Å²) in [5, 5.41) is 12.6. The molecule has 0 aliphatic heterocycles.